The highest BCUT2D eigenvalue weighted by Gasteiger charge is 2.27. The van der Waals surface area contributed by atoms with E-state index in [1.807, 2.05) is 19.1 Å². The minimum atomic E-state index is -0.429. The Labute approximate surface area is 136 Å². The summed E-state index contributed by atoms with van der Waals surface area (Å²) in [5, 5.41) is 2.81. The number of piperidine rings is 1. The molecule has 1 aliphatic heterocycles. The van der Waals surface area contributed by atoms with Crippen molar-refractivity contribution in [1.82, 2.24) is 10.2 Å². The minimum absolute atomic E-state index is 0.0654. The van der Waals surface area contributed by atoms with Crippen molar-refractivity contribution >= 4 is 12.0 Å². The third-order valence-corrected chi connectivity index (χ3v) is 3.72. The number of carbonyl (C=O) groups excluding carboxylic acids is 2. The van der Waals surface area contributed by atoms with E-state index in [1.54, 1.807) is 24.0 Å². The summed E-state index contributed by atoms with van der Waals surface area (Å²) in [6, 6.07) is 7.17. The maximum atomic E-state index is 12.8. The van der Waals surface area contributed by atoms with Gasteiger partial charge in [0.15, 0.2) is 0 Å². The maximum Gasteiger partial charge on any atom is 0.407 e. The molecular weight excluding hydrogens is 296 g/mol. The van der Waals surface area contributed by atoms with Crippen LogP contribution in [-0.4, -0.2) is 49.2 Å². The van der Waals surface area contributed by atoms with Gasteiger partial charge in [-0.25, -0.2) is 4.79 Å². The molecule has 1 aliphatic rings. The zero-order valence-corrected chi connectivity index (χ0v) is 13.7. The fourth-order valence-corrected chi connectivity index (χ4v) is 2.71. The van der Waals surface area contributed by atoms with Crippen LogP contribution in [0.3, 0.4) is 0 Å². The molecule has 1 heterocycles. The molecule has 1 N–H and O–H groups in total. The van der Waals surface area contributed by atoms with Crippen LogP contribution in [0.1, 0.15) is 37.0 Å². The fourth-order valence-electron chi connectivity index (χ4n) is 2.71. The number of nitrogens with zero attached hydrogens (tertiary/aromatic N) is 1. The molecule has 0 spiro atoms. The van der Waals surface area contributed by atoms with E-state index in [2.05, 4.69) is 5.32 Å². The van der Waals surface area contributed by atoms with Crippen molar-refractivity contribution in [3.8, 4) is 5.75 Å². The Morgan fingerprint density at radius 3 is 2.78 bits per heavy atom. The third-order valence-electron chi connectivity index (χ3n) is 3.72. The molecule has 6 nitrogen and oxygen atoms in total. The van der Waals surface area contributed by atoms with E-state index in [4.69, 9.17) is 9.47 Å². The average Bonchev–Trinajstić information content (AvgIpc) is 2.55. The first-order valence-corrected chi connectivity index (χ1v) is 8.10. The second-order valence-corrected chi connectivity index (χ2v) is 5.38. The maximum absolute atomic E-state index is 12.8. The molecule has 1 atom stereocenters. The lowest BCUT2D eigenvalue weighted by atomic mass is 10.0. The molecule has 23 heavy (non-hydrogen) atoms. The molecule has 1 fully saturated rings. The number of carbonyl (C=O) groups is 2. The Hall–Kier alpha value is -2.24. The molecule has 1 saturated heterocycles. The summed E-state index contributed by atoms with van der Waals surface area (Å²) in [6.07, 6.45) is 1.26. The Morgan fingerprint density at radius 1 is 1.26 bits per heavy atom. The number of nitrogens with one attached hydrogen (secondary N) is 1. The number of alkyl carbamates (subject to hydrolysis) is 1. The van der Waals surface area contributed by atoms with E-state index >= 15 is 0 Å². The van der Waals surface area contributed by atoms with Crippen molar-refractivity contribution in [3.05, 3.63) is 29.8 Å². The molecule has 1 aromatic carbocycles. The number of rotatable bonds is 5. The summed E-state index contributed by atoms with van der Waals surface area (Å²) in [4.78, 5) is 26.1. The number of para-hydroxylation sites is 1. The van der Waals surface area contributed by atoms with Gasteiger partial charge in [-0.2, -0.15) is 0 Å². The standard InChI is InChI=1S/C17H24N2O4/c1-3-22-15-10-6-5-9-14(15)16(20)19-11-7-8-13(12-19)18-17(21)23-4-2/h5-6,9-10,13H,3-4,7-8,11-12H2,1-2H3,(H,18,21). The van der Waals surface area contributed by atoms with Crippen LogP contribution in [0.25, 0.3) is 0 Å². The van der Waals surface area contributed by atoms with Gasteiger partial charge in [0.2, 0.25) is 0 Å². The molecule has 2 rings (SSSR count). The SMILES string of the molecule is CCOC(=O)NC1CCCN(C(=O)c2ccccc2OCC)C1. The molecule has 1 unspecified atom stereocenters. The van der Waals surface area contributed by atoms with E-state index in [0.29, 0.717) is 37.6 Å². The van der Waals surface area contributed by atoms with Crippen molar-refractivity contribution < 1.29 is 19.1 Å². The highest BCUT2D eigenvalue weighted by Crippen LogP contribution is 2.22. The third kappa shape index (κ3) is 4.61. The lowest BCUT2D eigenvalue weighted by Crippen LogP contribution is -2.49. The summed E-state index contributed by atoms with van der Waals surface area (Å²) >= 11 is 0. The molecule has 0 bridgehead atoms. The summed E-state index contributed by atoms with van der Waals surface area (Å²) in [5.74, 6) is 0.532. The molecule has 2 amide bonds. The van der Waals surface area contributed by atoms with Crippen LogP contribution in [0.4, 0.5) is 4.79 Å². The predicted octanol–water partition coefficient (Wildman–Crippen LogP) is 2.44. The molecule has 6 heteroatoms. The first-order chi connectivity index (χ1) is 11.2. The molecule has 1 aromatic rings. The predicted molar refractivity (Wildman–Crippen MR) is 86.7 cm³/mol. The topological polar surface area (TPSA) is 67.9 Å². The first kappa shape index (κ1) is 17.1. The van der Waals surface area contributed by atoms with Crippen molar-refractivity contribution in [1.29, 1.82) is 0 Å². The van der Waals surface area contributed by atoms with Gasteiger partial charge < -0.3 is 19.7 Å². The highest BCUT2D eigenvalue weighted by molar-refractivity contribution is 5.97. The zero-order chi connectivity index (χ0) is 16.7. The Bertz CT molecular complexity index is 547. The smallest absolute Gasteiger partial charge is 0.407 e. The Morgan fingerprint density at radius 2 is 2.04 bits per heavy atom. The van der Waals surface area contributed by atoms with Crippen LogP contribution in [0, 0.1) is 0 Å². The number of benzene rings is 1. The van der Waals surface area contributed by atoms with Gasteiger partial charge in [0.05, 0.1) is 18.8 Å². The van der Waals surface area contributed by atoms with Gasteiger partial charge in [0.1, 0.15) is 5.75 Å². The number of likely N-dealkylation sites (tertiary alicyclic amines) is 1. The monoisotopic (exact) mass is 320 g/mol. The average molecular weight is 320 g/mol. The second-order valence-electron chi connectivity index (χ2n) is 5.38. The van der Waals surface area contributed by atoms with Gasteiger partial charge in [-0.1, -0.05) is 12.1 Å². The molecule has 0 aliphatic carbocycles. The van der Waals surface area contributed by atoms with Gasteiger partial charge in [0.25, 0.3) is 5.91 Å². The molecule has 0 saturated carbocycles. The summed E-state index contributed by atoms with van der Waals surface area (Å²) in [5.41, 5.74) is 0.561. The largest absolute Gasteiger partial charge is 0.493 e. The van der Waals surface area contributed by atoms with Crippen molar-refractivity contribution in [3.63, 3.8) is 0 Å². The summed E-state index contributed by atoms with van der Waals surface area (Å²) in [7, 11) is 0. The van der Waals surface area contributed by atoms with Crippen LogP contribution in [0.2, 0.25) is 0 Å². The van der Waals surface area contributed by atoms with Gasteiger partial charge in [-0.15, -0.1) is 0 Å². The van der Waals surface area contributed by atoms with E-state index < -0.39 is 6.09 Å². The molecule has 126 valence electrons. The van der Waals surface area contributed by atoms with Gasteiger partial charge in [-0.05, 0) is 38.8 Å². The number of ether oxygens (including phenoxy) is 2. The highest BCUT2D eigenvalue weighted by atomic mass is 16.5. The van der Waals surface area contributed by atoms with E-state index in [1.165, 1.54) is 0 Å². The van der Waals surface area contributed by atoms with Crippen LogP contribution in [0.5, 0.6) is 5.75 Å². The van der Waals surface area contributed by atoms with E-state index in [-0.39, 0.29) is 11.9 Å². The van der Waals surface area contributed by atoms with E-state index in [9.17, 15) is 9.59 Å². The number of hydrogen-bond donors (Lipinski definition) is 1. The van der Waals surface area contributed by atoms with Gasteiger partial charge in [0, 0.05) is 19.1 Å². The summed E-state index contributed by atoms with van der Waals surface area (Å²) in [6.45, 7) is 5.67. The van der Waals surface area contributed by atoms with Crippen LogP contribution >= 0.6 is 0 Å². The minimum Gasteiger partial charge on any atom is -0.493 e. The first-order valence-electron chi connectivity index (χ1n) is 8.10. The number of amides is 2. The normalized spacial score (nSPS) is 17.5. The van der Waals surface area contributed by atoms with Crippen LogP contribution in [-0.2, 0) is 4.74 Å². The molecule has 0 radical (unpaired) electrons. The van der Waals surface area contributed by atoms with Crippen molar-refractivity contribution in [2.45, 2.75) is 32.7 Å². The second kappa shape index (κ2) is 8.41. The molecular formula is C17H24N2O4. The number of hydrogen-bond acceptors (Lipinski definition) is 4. The van der Waals surface area contributed by atoms with Gasteiger partial charge in [-0.3, -0.25) is 4.79 Å². The van der Waals surface area contributed by atoms with Crippen molar-refractivity contribution in [2.75, 3.05) is 26.3 Å². The zero-order valence-electron chi connectivity index (χ0n) is 13.7. The lowest BCUT2D eigenvalue weighted by Gasteiger charge is -2.33. The molecule has 0 aromatic heterocycles. The lowest BCUT2D eigenvalue weighted by molar-refractivity contribution is 0.0682. The quantitative estimate of drug-likeness (QED) is 0.905. The summed E-state index contributed by atoms with van der Waals surface area (Å²) < 4.78 is 10.4. The van der Waals surface area contributed by atoms with Crippen molar-refractivity contribution in [2.24, 2.45) is 0 Å². The Balaban J connectivity index is 2.03. The van der Waals surface area contributed by atoms with E-state index in [0.717, 1.165) is 12.8 Å². The van der Waals surface area contributed by atoms with Crippen LogP contribution in [0.15, 0.2) is 24.3 Å². The Kier molecular flexibility index (Phi) is 6.26. The van der Waals surface area contributed by atoms with Crippen LogP contribution < -0.4 is 10.1 Å². The van der Waals surface area contributed by atoms with Gasteiger partial charge >= 0.3 is 6.09 Å². The fraction of sp³-hybridized carbons (Fsp3) is 0.529.